The first-order valence-electron chi connectivity index (χ1n) is 20.7. The Hall–Kier alpha value is -0.800. The van der Waals surface area contributed by atoms with Crippen molar-refractivity contribution in [3.05, 3.63) is 12.2 Å². The second-order valence-electron chi connectivity index (χ2n) is 14.0. The molecule has 0 rings (SSSR count). The van der Waals surface area contributed by atoms with E-state index < -0.39 is 33.2 Å². The van der Waals surface area contributed by atoms with Gasteiger partial charge in [-0.15, -0.1) is 0 Å². The van der Waals surface area contributed by atoms with Crippen molar-refractivity contribution in [1.29, 1.82) is 0 Å². The van der Waals surface area contributed by atoms with Gasteiger partial charge >= 0.3 is 13.8 Å². The monoisotopic (exact) mass is 735 g/mol. The van der Waals surface area contributed by atoms with Gasteiger partial charge in [-0.25, -0.2) is 4.57 Å². The van der Waals surface area contributed by atoms with Crippen LogP contribution in [0, 0.1) is 0 Å². The summed E-state index contributed by atoms with van der Waals surface area (Å²) in [5.41, 5.74) is 0. The van der Waals surface area contributed by atoms with Gasteiger partial charge in [0.2, 0.25) is 0 Å². The number of ether oxygens (including phenoxy) is 2. The lowest BCUT2D eigenvalue weighted by Crippen LogP contribution is -2.29. The number of allylic oxidation sites excluding steroid dienone is 2. The second kappa shape index (κ2) is 37.9. The van der Waals surface area contributed by atoms with Crippen molar-refractivity contribution in [2.24, 2.45) is 0 Å². The molecule has 0 aromatic carbocycles. The Kier molecular flexibility index (Phi) is 37.3. The molecule has 0 amide bonds. The molecule has 3 atom stereocenters. The minimum absolute atomic E-state index is 0.0502. The van der Waals surface area contributed by atoms with Crippen LogP contribution in [0.3, 0.4) is 0 Å². The third-order valence-corrected chi connectivity index (χ3v) is 9.90. The molecule has 10 heteroatoms. The van der Waals surface area contributed by atoms with Crippen LogP contribution in [0.2, 0.25) is 0 Å². The third-order valence-electron chi connectivity index (χ3n) is 8.95. The predicted molar refractivity (Wildman–Crippen MR) is 205 cm³/mol. The fourth-order valence-electron chi connectivity index (χ4n) is 5.76. The smallest absolute Gasteiger partial charge is 0.457 e. The van der Waals surface area contributed by atoms with Gasteiger partial charge in [-0.2, -0.15) is 0 Å². The lowest BCUT2D eigenvalue weighted by atomic mass is 10.0. The number of unbranched alkanes of at least 4 members (excludes halogenated alkanes) is 24. The molecule has 0 aliphatic carbocycles. The summed E-state index contributed by atoms with van der Waals surface area (Å²) in [6, 6.07) is 0. The van der Waals surface area contributed by atoms with Crippen LogP contribution < -0.4 is 0 Å². The number of esters is 1. The average molecular weight is 735 g/mol. The molecule has 0 spiro atoms. The zero-order valence-corrected chi connectivity index (χ0v) is 33.3. The van der Waals surface area contributed by atoms with Gasteiger partial charge in [0.15, 0.2) is 0 Å². The van der Waals surface area contributed by atoms with E-state index in [-0.39, 0.29) is 25.6 Å². The van der Waals surface area contributed by atoms with E-state index in [0.717, 1.165) is 44.9 Å². The molecule has 3 N–H and O–H groups in total. The van der Waals surface area contributed by atoms with Crippen molar-refractivity contribution in [2.75, 3.05) is 33.0 Å². The number of hydrogen-bond acceptors (Lipinski definition) is 8. The number of rotatable bonds is 40. The number of carbonyl (C=O) groups excluding carboxylic acids is 1. The summed E-state index contributed by atoms with van der Waals surface area (Å²) in [7, 11) is -4.51. The van der Waals surface area contributed by atoms with Crippen LogP contribution >= 0.6 is 7.82 Å². The maximum Gasteiger partial charge on any atom is 0.472 e. The molecule has 298 valence electrons. The Morgan fingerprint density at radius 1 is 0.600 bits per heavy atom. The fraction of sp³-hybridized carbons (Fsp3) is 0.925. The normalized spacial score (nSPS) is 14.3. The molecule has 0 radical (unpaired) electrons. The van der Waals surface area contributed by atoms with Gasteiger partial charge in [-0.05, 0) is 38.5 Å². The molecular formula is C40H79O9P. The third kappa shape index (κ3) is 37.0. The molecule has 9 nitrogen and oxygen atoms in total. The van der Waals surface area contributed by atoms with Gasteiger partial charge in [-0.1, -0.05) is 161 Å². The number of phosphoric ester groups is 1. The fourth-order valence-corrected chi connectivity index (χ4v) is 6.55. The van der Waals surface area contributed by atoms with E-state index in [1.165, 1.54) is 128 Å². The average Bonchev–Trinajstić information content (AvgIpc) is 3.10. The molecule has 0 saturated heterocycles. The van der Waals surface area contributed by atoms with Crippen LogP contribution in [0.1, 0.15) is 194 Å². The van der Waals surface area contributed by atoms with Crippen LogP contribution in [-0.4, -0.2) is 66.3 Å². The maximum absolute atomic E-state index is 12.6. The molecule has 0 aliphatic heterocycles. The first kappa shape index (κ1) is 49.2. The zero-order chi connectivity index (χ0) is 36.8. The van der Waals surface area contributed by atoms with Crippen LogP contribution in [0.25, 0.3) is 0 Å². The van der Waals surface area contributed by atoms with Gasteiger partial charge in [0, 0.05) is 13.0 Å². The summed E-state index contributed by atoms with van der Waals surface area (Å²) in [4.78, 5) is 22.5. The van der Waals surface area contributed by atoms with Gasteiger partial charge in [-0.3, -0.25) is 13.8 Å². The van der Waals surface area contributed by atoms with E-state index in [4.69, 9.17) is 23.6 Å². The topological polar surface area (TPSA) is 132 Å². The summed E-state index contributed by atoms with van der Waals surface area (Å²) in [5, 5.41) is 18.3. The van der Waals surface area contributed by atoms with Crippen LogP contribution in [0.15, 0.2) is 12.2 Å². The lowest BCUT2D eigenvalue weighted by molar-refractivity contribution is -0.154. The number of hydrogen-bond donors (Lipinski definition) is 3. The van der Waals surface area contributed by atoms with Gasteiger partial charge in [0.05, 0.1) is 26.4 Å². The lowest BCUT2D eigenvalue weighted by Gasteiger charge is -2.20. The number of aliphatic hydroxyl groups excluding tert-OH is 2. The Morgan fingerprint density at radius 2 is 1.02 bits per heavy atom. The van der Waals surface area contributed by atoms with E-state index in [1.807, 2.05) is 0 Å². The number of carbonyl (C=O) groups is 1. The van der Waals surface area contributed by atoms with Crippen molar-refractivity contribution in [3.8, 4) is 0 Å². The highest BCUT2D eigenvalue weighted by Crippen LogP contribution is 2.43. The molecule has 3 unspecified atom stereocenters. The summed E-state index contributed by atoms with van der Waals surface area (Å²) >= 11 is 0. The van der Waals surface area contributed by atoms with Gasteiger partial charge < -0.3 is 24.6 Å². The predicted octanol–water partition coefficient (Wildman–Crippen LogP) is 10.9. The Balaban J connectivity index is 4.18. The van der Waals surface area contributed by atoms with Crippen molar-refractivity contribution in [1.82, 2.24) is 0 Å². The highest BCUT2D eigenvalue weighted by molar-refractivity contribution is 7.47. The SMILES string of the molecule is CCCCCC/C=C\CCCCCCCCOCC(COP(=O)(O)OCC(O)CO)OC(=O)CCCCCCCCCCCCCCCCC. The maximum atomic E-state index is 12.6. The summed E-state index contributed by atoms with van der Waals surface area (Å²) in [6.07, 6.45) is 35.9. The summed E-state index contributed by atoms with van der Waals surface area (Å²) < 4.78 is 33.3. The first-order chi connectivity index (χ1) is 24.3. The second-order valence-corrected chi connectivity index (χ2v) is 15.5. The van der Waals surface area contributed by atoms with E-state index in [1.54, 1.807) is 0 Å². The van der Waals surface area contributed by atoms with Crippen molar-refractivity contribution >= 4 is 13.8 Å². The van der Waals surface area contributed by atoms with E-state index in [9.17, 15) is 19.4 Å². The quantitative estimate of drug-likeness (QED) is 0.0243. The van der Waals surface area contributed by atoms with Crippen molar-refractivity contribution in [2.45, 2.75) is 206 Å². The Bertz CT molecular complexity index is 795. The van der Waals surface area contributed by atoms with Gasteiger partial charge in [0.1, 0.15) is 12.2 Å². The molecule has 0 aromatic heterocycles. The molecule has 0 fully saturated rings. The molecule has 0 bridgehead atoms. The minimum atomic E-state index is -4.51. The largest absolute Gasteiger partial charge is 0.472 e. The molecule has 0 saturated carbocycles. The van der Waals surface area contributed by atoms with E-state index in [2.05, 4.69) is 26.0 Å². The molecule has 50 heavy (non-hydrogen) atoms. The van der Waals surface area contributed by atoms with E-state index in [0.29, 0.717) is 6.61 Å². The summed E-state index contributed by atoms with van der Waals surface area (Å²) in [5.74, 6) is -0.382. The highest BCUT2D eigenvalue weighted by Gasteiger charge is 2.26. The molecule has 0 heterocycles. The highest BCUT2D eigenvalue weighted by atomic mass is 31.2. The van der Waals surface area contributed by atoms with Crippen molar-refractivity contribution < 1.29 is 43.0 Å². The van der Waals surface area contributed by atoms with Crippen molar-refractivity contribution in [3.63, 3.8) is 0 Å². The van der Waals surface area contributed by atoms with E-state index >= 15 is 0 Å². The summed E-state index contributed by atoms with van der Waals surface area (Å²) in [6.45, 7) is 3.52. The zero-order valence-electron chi connectivity index (χ0n) is 32.4. The number of phosphoric acid groups is 1. The van der Waals surface area contributed by atoms with Crippen LogP contribution in [0.5, 0.6) is 0 Å². The standard InChI is InChI=1S/C40H79O9P/c1-3-5-7-9-11-13-15-17-19-20-22-24-26-28-30-32-40(43)49-39(37-48-50(44,45)47-35-38(42)34-41)36-46-33-31-29-27-25-23-21-18-16-14-12-10-8-6-4-2/h14,16,38-39,41-42H,3-13,15,17-37H2,1-2H3,(H,44,45)/b16-14-. The molecule has 0 aliphatic rings. The van der Waals surface area contributed by atoms with Crippen LogP contribution in [0.4, 0.5) is 0 Å². The first-order valence-corrected chi connectivity index (χ1v) is 22.2. The Labute approximate surface area is 307 Å². The van der Waals surface area contributed by atoms with Gasteiger partial charge in [0.25, 0.3) is 0 Å². The number of aliphatic hydroxyl groups is 2. The molecule has 0 aromatic rings. The Morgan fingerprint density at radius 3 is 1.52 bits per heavy atom. The van der Waals surface area contributed by atoms with Crippen LogP contribution in [-0.2, 0) is 27.9 Å². The minimum Gasteiger partial charge on any atom is -0.457 e. The molecular weight excluding hydrogens is 655 g/mol.